The molecule has 2 aromatic carbocycles. The molecule has 0 saturated carbocycles. The Morgan fingerprint density at radius 1 is 1.04 bits per heavy atom. The highest BCUT2D eigenvalue weighted by Crippen LogP contribution is 2.18. The molecule has 0 radical (unpaired) electrons. The molecule has 2 amide bonds. The summed E-state index contributed by atoms with van der Waals surface area (Å²) in [6.45, 7) is 0. The number of non-ortho nitro benzene ring substituents is 1. The van der Waals surface area contributed by atoms with Gasteiger partial charge < -0.3 is 15.7 Å². The van der Waals surface area contributed by atoms with Crippen molar-refractivity contribution in [1.82, 2.24) is 0 Å². The van der Waals surface area contributed by atoms with E-state index < -0.39 is 16.9 Å². The van der Waals surface area contributed by atoms with Gasteiger partial charge in [0.2, 0.25) is 0 Å². The van der Waals surface area contributed by atoms with Crippen molar-refractivity contribution >= 4 is 29.1 Å². The number of rotatable bonds is 6. The molecule has 8 nitrogen and oxygen atoms in total. The monoisotopic (exact) mass is 329 g/mol. The van der Waals surface area contributed by atoms with E-state index in [4.69, 9.17) is 5.11 Å². The van der Waals surface area contributed by atoms with Gasteiger partial charge in [-0.3, -0.25) is 14.9 Å². The Hall–Kier alpha value is -3.42. The Morgan fingerprint density at radius 3 is 2.29 bits per heavy atom. The van der Waals surface area contributed by atoms with Crippen LogP contribution in [0.25, 0.3) is 0 Å². The largest absolute Gasteiger partial charge is 0.481 e. The number of hydrogen-bond donors (Lipinski definition) is 3. The highest BCUT2D eigenvalue weighted by molar-refractivity contribution is 5.99. The summed E-state index contributed by atoms with van der Waals surface area (Å²) >= 11 is 0. The lowest BCUT2D eigenvalue weighted by Crippen LogP contribution is -2.19. The van der Waals surface area contributed by atoms with Gasteiger partial charge in [-0.05, 0) is 30.2 Å². The summed E-state index contributed by atoms with van der Waals surface area (Å²) in [4.78, 5) is 32.7. The van der Waals surface area contributed by atoms with Gasteiger partial charge in [0.15, 0.2) is 0 Å². The molecule has 0 unspecified atom stereocenters. The number of carboxylic acids is 1. The number of aryl methyl sites for hydroxylation is 1. The molecule has 0 spiro atoms. The van der Waals surface area contributed by atoms with E-state index in [1.165, 1.54) is 24.3 Å². The fourth-order valence-corrected chi connectivity index (χ4v) is 2.05. The quantitative estimate of drug-likeness (QED) is 0.554. The number of nitrogens with zero attached hydrogens (tertiary/aromatic N) is 1. The minimum atomic E-state index is -0.892. The van der Waals surface area contributed by atoms with Crippen molar-refractivity contribution in [3.8, 4) is 0 Å². The van der Waals surface area contributed by atoms with Gasteiger partial charge in [0.05, 0.1) is 4.92 Å². The van der Waals surface area contributed by atoms with E-state index in [9.17, 15) is 19.7 Å². The Morgan fingerprint density at radius 2 is 1.67 bits per heavy atom. The summed E-state index contributed by atoms with van der Waals surface area (Å²) in [6.07, 6.45) is 0.362. The Bertz CT molecular complexity index is 776. The van der Waals surface area contributed by atoms with Crippen LogP contribution in [0.1, 0.15) is 12.0 Å². The Kier molecular flexibility index (Phi) is 5.45. The van der Waals surface area contributed by atoms with Crippen molar-refractivity contribution in [1.29, 1.82) is 0 Å². The molecule has 0 aliphatic carbocycles. The fourth-order valence-electron chi connectivity index (χ4n) is 2.05. The summed E-state index contributed by atoms with van der Waals surface area (Å²) in [5.41, 5.74) is 1.46. The highest BCUT2D eigenvalue weighted by Gasteiger charge is 2.08. The topological polar surface area (TPSA) is 122 Å². The van der Waals surface area contributed by atoms with Crippen LogP contribution >= 0.6 is 0 Å². The van der Waals surface area contributed by atoms with Crippen molar-refractivity contribution in [2.45, 2.75) is 12.8 Å². The Balaban J connectivity index is 1.99. The zero-order valence-electron chi connectivity index (χ0n) is 12.6. The first kappa shape index (κ1) is 16.9. The molecule has 0 aliphatic rings. The van der Waals surface area contributed by atoms with Crippen molar-refractivity contribution in [3.05, 3.63) is 64.2 Å². The summed E-state index contributed by atoms with van der Waals surface area (Å²) < 4.78 is 0. The summed E-state index contributed by atoms with van der Waals surface area (Å²) in [5.74, 6) is -0.892. The SMILES string of the molecule is O=C(O)CCc1cccc(NC(=O)Nc2cccc([N+](=O)[O-])c2)c1. The van der Waals surface area contributed by atoms with Crippen molar-refractivity contribution in [2.24, 2.45) is 0 Å². The lowest BCUT2D eigenvalue weighted by Gasteiger charge is -2.09. The first-order valence-corrected chi connectivity index (χ1v) is 7.07. The van der Waals surface area contributed by atoms with Gasteiger partial charge >= 0.3 is 12.0 Å². The number of amides is 2. The van der Waals surface area contributed by atoms with E-state index in [0.717, 1.165) is 5.56 Å². The number of hydrogen-bond acceptors (Lipinski definition) is 4. The van der Waals surface area contributed by atoms with E-state index in [-0.39, 0.29) is 12.1 Å². The number of nitro groups is 1. The van der Waals surface area contributed by atoms with Crippen LogP contribution in [-0.2, 0) is 11.2 Å². The molecule has 0 fully saturated rings. The number of benzene rings is 2. The average molecular weight is 329 g/mol. The second-order valence-electron chi connectivity index (χ2n) is 4.98. The van der Waals surface area contributed by atoms with Gasteiger partial charge in [-0.25, -0.2) is 4.79 Å². The smallest absolute Gasteiger partial charge is 0.323 e. The van der Waals surface area contributed by atoms with Gasteiger partial charge in [0.1, 0.15) is 0 Å². The lowest BCUT2D eigenvalue weighted by atomic mass is 10.1. The van der Waals surface area contributed by atoms with Crippen LogP contribution in [0.4, 0.5) is 21.9 Å². The van der Waals surface area contributed by atoms with E-state index in [1.807, 2.05) is 0 Å². The zero-order chi connectivity index (χ0) is 17.5. The molecule has 0 bridgehead atoms. The normalized spacial score (nSPS) is 10.0. The number of nitrogens with one attached hydrogen (secondary N) is 2. The first-order chi connectivity index (χ1) is 11.4. The van der Waals surface area contributed by atoms with Crippen LogP contribution in [0.15, 0.2) is 48.5 Å². The lowest BCUT2D eigenvalue weighted by molar-refractivity contribution is -0.384. The van der Waals surface area contributed by atoms with Crippen molar-refractivity contribution in [2.75, 3.05) is 10.6 Å². The zero-order valence-corrected chi connectivity index (χ0v) is 12.6. The number of carbonyl (C=O) groups is 2. The molecular weight excluding hydrogens is 314 g/mol. The summed E-state index contributed by atoms with van der Waals surface area (Å²) in [6, 6.07) is 11.9. The molecule has 0 atom stereocenters. The third-order valence-corrected chi connectivity index (χ3v) is 3.13. The highest BCUT2D eigenvalue weighted by atomic mass is 16.6. The van der Waals surface area contributed by atoms with E-state index in [1.54, 1.807) is 24.3 Å². The number of aliphatic carboxylic acids is 1. The van der Waals surface area contributed by atoms with Gasteiger partial charge in [-0.15, -0.1) is 0 Å². The van der Waals surface area contributed by atoms with Crippen molar-refractivity contribution in [3.63, 3.8) is 0 Å². The van der Waals surface area contributed by atoms with Gasteiger partial charge in [-0.1, -0.05) is 18.2 Å². The summed E-state index contributed by atoms with van der Waals surface area (Å²) in [7, 11) is 0. The van der Waals surface area contributed by atoms with Crippen LogP contribution in [0.2, 0.25) is 0 Å². The van der Waals surface area contributed by atoms with E-state index in [0.29, 0.717) is 17.8 Å². The van der Waals surface area contributed by atoms with E-state index in [2.05, 4.69) is 10.6 Å². The van der Waals surface area contributed by atoms with Gasteiger partial charge in [0.25, 0.3) is 5.69 Å². The first-order valence-electron chi connectivity index (χ1n) is 7.07. The van der Waals surface area contributed by atoms with E-state index >= 15 is 0 Å². The van der Waals surface area contributed by atoms with Crippen molar-refractivity contribution < 1.29 is 19.6 Å². The number of carbonyl (C=O) groups excluding carboxylic acids is 1. The maximum atomic E-state index is 12.0. The molecule has 3 N–H and O–H groups in total. The molecule has 0 heterocycles. The predicted molar refractivity (Wildman–Crippen MR) is 88.1 cm³/mol. The second-order valence-corrected chi connectivity index (χ2v) is 4.98. The van der Waals surface area contributed by atoms with Gasteiger partial charge in [0, 0.05) is 29.9 Å². The maximum Gasteiger partial charge on any atom is 0.323 e. The average Bonchev–Trinajstić information content (AvgIpc) is 2.53. The van der Waals surface area contributed by atoms with Crippen LogP contribution in [0.5, 0.6) is 0 Å². The molecule has 24 heavy (non-hydrogen) atoms. The predicted octanol–water partition coefficient (Wildman–Crippen LogP) is 3.26. The molecule has 2 aromatic rings. The number of carboxylic acid groups (broad SMARTS) is 1. The second kappa shape index (κ2) is 7.73. The van der Waals surface area contributed by atoms with Crippen LogP contribution < -0.4 is 10.6 Å². The minimum absolute atomic E-state index is 0.00331. The number of nitro benzene ring substituents is 1. The molecule has 0 aromatic heterocycles. The standard InChI is InChI=1S/C16H15N3O5/c20-15(21)8-7-11-3-1-4-12(9-11)17-16(22)18-13-5-2-6-14(10-13)19(23)24/h1-6,9-10H,7-8H2,(H,20,21)(H2,17,18,22). The molecule has 124 valence electrons. The molecule has 2 rings (SSSR count). The third kappa shape index (κ3) is 5.09. The van der Waals surface area contributed by atoms with Gasteiger partial charge in [-0.2, -0.15) is 0 Å². The number of urea groups is 1. The Labute approximate surface area is 137 Å². The van der Waals surface area contributed by atoms with Crippen LogP contribution in [0.3, 0.4) is 0 Å². The van der Waals surface area contributed by atoms with Crippen LogP contribution in [-0.4, -0.2) is 22.0 Å². The third-order valence-electron chi connectivity index (χ3n) is 3.13. The summed E-state index contributed by atoms with van der Waals surface area (Å²) in [5, 5.41) is 24.5. The number of anilines is 2. The molecule has 8 heteroatoms. The minimum Gasteiger partial charge on any atom is -0.481 e. The fraction of sp³-hybridized carbons (Fsp3) is 0.125. The maximum absolute atomic E-state index is 12.0. The van der Waals surface area contributed by atoms with Crippen LogP contribution in [0, 0.1) is 10.1 Å². The molecule has 0 aliphatic heterocycles. The molecule has 0 saturated heterocycles. The molecular formula is C16H15N3O5.